The lowest BCUT2D eigenvalue weighted by atomic mass is 10.2. The number of rotatable bonds is 1. The smallest absolute Gasteiger partial charge is 0.405 e. The number of hydrogen-bond donors (Lipinski definition) is 3. The fourth-order valence-corrected chi connectivity index (χ4v) is 0.729. The van der Waals surface area contributed by atoms with Gasteiger partial charge in [0.1, 0.15) is 0 Å². The molecule has 78 valence electrons. The van der Waals surface area contributed by atoms with Crippen molar-refractivity contribution in [1.82, 2.24) is 5.32 Å². The second-order valence-corrected chi connectivity index (χ2v) is 2.89. The van der Waals surface area contributed by atoms with Gasteiger partial charge in [0.25, 0.3) is 0 Å². The highest BCUT2D eigenvalue weighted by molar-refractivity contribution is 5.64. The quantitative estimate of drug-likeness (QED) is 0.596. The van der Waals surface area contributed by atoms with Gasteiger partial charge in [-0.25, -0.2) is 4.79 Å². The number of amides is 1. The Bertz CT molecular complexity index is 260. The summed E-state index contributed by atoms with van der Waals surface area (Å²) in [4.78, 5) is 9.62. The topological polar surface area (TPSA) is 75.3 Å². The van der Waals surface area contributed by atoms with Crippen LogP contribution >= 0.6 is 0 Å². The van der Waals surface area contributed by atoms with Crippen LogP contribution in [0.2, 0.25) is 0 Å². The van der Waals surface area contributed by atoms with Crippen LogP contribution in [-0.2, 0) is 0 Å². The number of aryl methyl sites for hydroxylation is 1. The average molecular weight is 196 g/mol. The molecule has 0 radical (unpaired) electrons. The minimum atomic E-state index is -1.09. The monoisotopic (exact) mass is 196 g/mol. The number of hydrogen-bond acceptors (Lipinski definition) is 2. The molecular formula is C10H16N2O2. The molecule has 1 unspecified atom stereocenters. The highest BCUT2D eigenvalue weighted by atomic mass is 16.4. The van der Waals surface area contributed by atoms with E-state index < -0.39 is 12.3 Å². The molecule has 1 rings (SSSR count). The number of nitrogens with two attached hydrogens (primary N) is 1. The molecule has 1 aromatic carbocycles. The normalized spacial score (nSPS) is 10.8. The van der Waals surface area contributed by atoms with Gasteiger partial charge in [-0.05, 0) is 13.8 Å². The third-order valence-electron chi connectivity index (χ3n) is 1.29. The molecule has 0 saturated heterocycles. The van der Waals surface area contributed by atoms with Gasteiger partial charge < -0.3 is 16.2 Å². The molecular weight excluding hydrogens is 180 g/mol. The van der Waals surface area contributed by atoms with E-state index >= 15 is 0 Å². The Morgan fingerprint density at radius 1 is 1.43 bits per heavy atom. The van der Waals surface area contributed by atoms with E-state index in [2.05, 4.69) is 19.1 Å². The molecule has 1 amide bonds. The van der Waals surface area contributed by atoms with Crippen molar-refractivity contribution in [3.05, 3.63) is 35.9 Å². The van der Waals surface area contributed by atoms with Crippen molar-refractivity contribution in [3.63, 3.8) is 0 Å². The third-order valence-corrected chi connectivity index (χ3v) is 1.29. The molecule has 4 heteroatoms. The highest BCUT2D eigenvalue weighted by Gasteiger charge is 1.94. The molecule has 1 atom stereocenters. The summed E-state index contributed by atoms with van der Waals surface area (Å²) < 4.78 is 0. The van der Waals surface area contributed by atoms with Crippen LogP contribution in [0, 0.1) is 6.92 Å². The maximum atomic E-state index is 9.62. The first kappa shape index (κ1) is 12.4. The zero-order chi connectivity index (χ0) is 11.0. The van der Waals surface area contributed by atoms with Gasteiger partial charge in [-0.1, -0.05) is 35.9 Å². The minimum Gasteiger partial charge on any atom is -0.465 e. The van der Waals surface area contributed by atoms with Gasteiger partial charge in [-0.3, -0.25) is 0 Å². The van der Waals surface area contributed by atoms with E-state index in [-0.39, 0.29) is 0 Å². The van der Waals surface area contributed by atoms with E-state index in [0.717, 1.165) is 0 Å². The van der Waals surface area contributed by atoms with E-state index in [1.54, 1.807) is 6.92 Å². The van der Waals surface area contributed by atoms with Crippen molar-refractivity contribution in [2.24, 2.45) is 5.73 Å². The van der Waals surface area contributed by atoms with Crippen molar-refractivity contribution in [1.29, 1.82) is 0 Å². The average Bonchev–Trinajstić information content (AvgIpc) is 2.03. The summed E-state index contributed by atoms with van der Waals surface area (Å²) in [5.41, 5.74) is 6.32. The molecule has 4 nitrogen and oxygen atoms in total. The van der Waals surface area contributed by atoms with Gasteiger partial charge in [0.15, 0.2) is 0 Å². The third kappa shape index (κ3) is 8.55. The second kappa shape index (κ2) is 6.91. The van der Waals surface area contributed by atoms with Crippen molar-refractivity contribution < 1.29 is 9.90 Å². The highest BCUT2D eigenvalue weighted by Crippen LogP contribution is 1.92. The van der Waals surface area contributed by atoms with Crippen LogP contribution in [0.5, 0.6) is 0 Å². The van der Waals surface area contributed by atoms with Crippen LogP contribution < -0.4 is 11.1 Å². The fourth-order valence-electron chi connectivity index (χ4n) is 0.729. The molecule has 0 fully saturated rings. The Morgan fingerprint density at radius 2 is 1.93 bits per heavy atom. The van der Waals surface area contributed by atoms with E-state index in [0.29, 0.717) is 0 Å². The Hall–Kier alpha value is -1.55. The van der Waals surface area contributed by atoms with Gasteiger partial charge in [0.05, 0.1) is 6.17 Å². The molecule has 0 spiro atoms. The molecule has 0 heterocycles. The van der Waals surface area contributed by atoms with Crippen LogP contribution in [0.4, 0.5) is 4.79 Å². The zero-order valence-electron chi connectivity index (χ0n) is 8.40. The fraction of sp³-hybridized carbons (Fsp3) is 0.300. The summed E-state index contributed by atoms with van der Waals surface area (Å²) >= 11 is 0. The SMILES string of the molecule is CC(N)NC(=O)O.Cc1ccccc1. The summed E-state index contributed by atoms with van der Waals surface area (Å²) in [7, 11) is 0. The van der Waals surface area contributed by atoms with E-state index in [1.807, 2.05) is 23.5 Å². The van der Waals surface area contributed by atoms with E-state index in [1.165, 1.54) is 5.56 Å². The number of carboxylic acid groups (broad SMARTS) is 1. The summed E-state index contributed by atoms with van der Waals surface area (Å²) in [6, 6.07) is 10.3. The molecule has 4 N–H and O–H groups in total. The van der Waals surface area contributed by atoms with Gasteiger partial charge in [-0.2, -0.15) is 0 Å². The summed E-state index contributed by atoms with van der Waals surface area (Å²) in [6.45, 7) is 3.63. The summed E-state index contributed by atoms with van der Waals surface area (Å²) in [5, 5.41) is 9.89. The van der Waals surface area contributed by atoms with Gasteiger partial charge in [0.2, 0.25) is 0 Å². The first-order valence-electron chi connectivity index (χ1n) is 4.29. The standard InChI is InChI=1S/C7H8.C3H8N2O2/c1-7-5-3-2-4-6-7;1-2(4)5-3(6)7/h2-6H,1H3;2,5H,4H2,1H3,(H,6,7). The Labute approximate surface area is 83.7 Å². The number of nitrogens with one attached hydrogen (secondary N) is 1. The lowest BCUT2D eigenvalue weighted by molar-refractivity contribution is 0.191. The van der Waals surface area contributed by atoms with E-state index in [4.69, 9.17) is 10.8 Å². The molecule has 0 bridgehead atoms. The molecule has 0 aromatic heterocycles. The first-order chi connectivity index (χ1) is 6.52. The van der Waals surface area contributed by atoms with Crippen LogP contribution in [0.3, 0.4) is 0 Å². The Balaban J connectivity index is 0.000000241. The van der Waals surface area contributed by atoms with Crippen molar-refractivity contribution in [2.45, 2.75) is 20.0 Å². The van der Waals surface area contributed by atoms with Crippen LogP contribution in [0.25, 0.3) is 0 Å². The molecule has 0 aliphatic carbocycles. The van der Waals surface area contributed by atoms with Crippen LogP contribution in [-0.4, -0.2) is 17.4 Å². The van der Waals surface area contributed by atoms with Crippen LogP contribution in [0.15, 0.2) is 30.3 Å². The van der Waals surface area contributed by atoms with Gasteiger partial charge >= 0.3 is 6.09 Å². The first-order valence-corrected chi connectivity index (χ1v) is 4.29. The van der Waals surface area contributed by atoms with Gasteiger partial charge in [-0.15, -0.1) is 0 Å². The maximum Gasteiger partial charge on any atom is 0.405 e. The second-order valence-electron chi connectivity index (χ2n) is 2.89. The van der Waals surface area contributed by atoms with E-state index in [9.17, 15) is 4.79 Å². The van der Waals surface area contributed by atoms with Crippen LogP contribution in [0.1, 0.15) is 12.5 Å². The van der Waals surface area contributed by atoms with Crippen molar-refractivity contribution in [2.75, 3.05) is 0 Å². The Morgan fingerprint density at radius 3 is 2.07 bits per heavy atom. The Kier molecular flexibility index (Phi) is 6.15. The lowest BCUT2D eigenvalue weighted by Crippen LogP contribution is -2.37. The van der Waals surface area contributed by atoms with Crippen molar-refractivity contribution in [3.8, 4) is 0 Å². The summed E-state index contributed by atoms with van der Waals surface area (Å²) in [6.07, 6.45) is -1.56. The maximum absolute atomic E-state index is 9.62. The molecule has 0 aliphatic heterocycles. The molecule has 14 heavy (non-hydrogen) atoms. The largest absolute Gasteiger partial charge is 0.465 e. The lowest BCUT2D eigenvalue weighted by Gasteiger charge is -2.00. The summed E-state index contributed by atoms with van der Waals surface area (Å²) in [5.74, 6) is 0. The number of benzene rings is 1. The van der Waals surface area contributed by atoms with Crippen molar-refractivity contribution >= 4 is 6.09 Å². The zero-order valence-corrected chi connectivity index (χ0v) is 8.40. The molecule has 0 saturated carbocycles. The molecule has 0 aliphatic rings. The molecule has 1 aromatic rings. The van der Waals surface area contributed by atoms with Gasteiger partial charge in [0, 0.05) is 0 Å². The number of carbonyl (C=O) groups is 1. The predicted octanol–water partition coefficient (Wildman–Crippen LogP) is 1.55. The predicted molar refractivity (Wildman–Crippen MR) is 56.0 cm³/mol. The minimum absolute atomic E-state index is 0.475.